The van der Waals surface area contributed by atoms with Crippen molar-refractivity contribution in [3.63, 3.8) is 0 Å². The van der Waals surface area contributed by atoms with Crippen LogP contribution in [0.4, 0.5) is 23.1 Å². The van der Waals surface area contributed by atoms with Crippen molar-refractivity contribution < 1.29 is 0 Å². The van der Waals surface area contributed by atoms with Crippen LogP contribution in [0.5, 0.6) is 0 Å². The number of benzene rings is 2. The van der Waals surface area contributed by atoms with Crippen LogP contribution in [0.2, 0.25) is 0 Å². The quantitative estimate of drug-likeness (QED) is 0.783. The second-order valence-electron chi connectivity index (χ2n) is 5.40. The summed E-state index contributed by atoms with van der Waals surface area (Å²) in [6.07, 6.45) is 0. The molecule has 5 heteroatoms. The van der Waals surface area contributed by atoms with E-state index < -0.39 is 0 Å². The van der Waals surface area contributed by atoms with Crippen LogP contribution in [0.15, 0.2) is 60.7 Å². The first kappa shape index (κ1) is 15.5. The number of aromatic nitrogens is 2. The van der Waals surface area contributed by atoms with Gasteiger partial charge in [-0.3, -0.25) is 0 Å². The molecule has 0 saturated carbocycles. The summed E-state index contributed by atoms with van der Waals surface area (Å²) in [5, 5.41) is 12.1. The van der Waals surface area contributed by atoms with E-state index in [0.29, 0.717) is 17.3 Å². The lowest BCUT2D eigenvalue weighted by Crippen LogP contribution is -2.14. The predicted molar refractivity (Wildman–Crippen MR) is 95.7 cm³/mol. The molecular weight excluding hydrogens is 298 g/mol. The number of hydrogen-bond acceptors (Lipinski definition) is 5. The molecule has 118 valence electrons. The molecule has 0 fully saturated rings. The van der Waals surface area contributed by atoms with E-state index in [4.69, 9.17) is 5.26 Å². The minimum absolute atomic E-state index is 0.623. The van der Waals surface area contributed by atoms with Crippen LogP contribution >= 0.6 is 0 Å². The molecule has 0 saturated heterocycles. The van der Waals surface area contributed by atoms with Crippen LogP contribution in [-0.2, 0) is 0 Å². The lowest BCUT2D eigenvalue weighted by atomic mass is 10.2. The number of anilines is 4. The summed E-state index contributed by atoms with van der Waals surface area (Å²) in [6.45, 7) is 1.94. The predicted octanol–water partition coefficient (Wildman–Crippen LogP) is 4.17. The minimum Gasteiger partial charge on any atom is -0.340 e. The molecule has 2 aromatic carbocycles. The normalized spacial score (nSPS) is 10.0. The minimum atomic E-state index is 0.623. The van der Waals surface area contributed by atoms with Crippen molar-refractivity contribution in [3.8, 4) is 6.07 Å². The molecule has 0 unspecified atom stereocenters. The Morgan fingerprint density at radius 3 is 2.38 bits per heavy atom. The summed E-state index contributed by atoms with van der Waals surface area (Å²) in [4.78, 5) is 11.0. The lowest BCUT2D eigenvalue weighted by Gasteiger charge is -2.18. The van der Waals surface area contributed by atoms with E-state index in [1.54, 1.807) is 12.1 Å². The summed E-state index contributed by atoms with van der Waals surface area (Å²) in [6, 6.07) is 21.2. The maximum atomic E-state index is 8.86. The van der Waals surface area contributed by atoms with E-state index in [-0.39, 0.29) is 0 Å². The summed E-state index contributed by atoms with van der Waals surface area (Å²) in [5.74, 6) is 1.34. The number of nitriles is 1. The summed E-state index contributed by atoms with van der Waals surface area (Å²) >= 11 is 0. The van der Waals surface area contributed by atoms with Gasteiger partial charge in [-0.2, -0.15) is 10.2 Å². The Kier molecular flexibility index (Phi) is 4.39. The van der Waals surface area contributed by atoms with E-state index in [1.807, 2.05) is 67.4 Å². The Morgan fingerprint density at radius 2 is 1.71 bits per heavy atom. The summed E-state index contributed by atoms with van der Waals surface area (Å²) < 4.78 is 0. The van der Waals surface area contributed by atoms with E-state index in [9.17, 15) is 0 Å². The standard InChI is InChI=1S/C19H17N5/c1-14-12-18(22-16-10-8-15(13-20)9-11-16)23-19(21-14)24(2)17-6-4-3-5-7-17/h3-12H,1-2H3,(H,21,22,23). The van der Waals surface area contributed by atoms with Gasteiger partial charge < -0.3 is 10.2 Å². The van der Waals surface area contributed by atoms with Gasteiger partial charge in [0.15, 0.2) is 0 Å². The second-order valence-corrected chi connectivity index (χ2v) is 5.40. The molecule has 24 heavy (non-hydrogen) atoms. The summed E-state index contributed by atoms with van der Waals surface area (Å²) in [7, 11) is 1.94. The van der Waals surface area contributed by atoms with Gasteiger partial charge in [0.05, 0.1) is 11.6 Å². The molecule has 1 heterocycles. The molecule has 3 rings (SSSR count). The Hall–Kier alpha value is -3.39. The van der Waals surface area contributed by atoms with Crippen molar-refractivity contribution >= 4 is 23.1 Å². The van der Waals surface area contributed by atoms with Gasteiger partial charge in [0, 0.05) is 30.2 Å². The Bertz CT molecular complexity index is 867. The Balaban J connectivity index is 1.87. The first-order chi connectivity index (χ1) is 11.7. The Morgan fingerprint density at radius 1 is 1.00 bits per heavy atom. The van der Waals surface area contributed by atoms with Crippen LogP contribution < -0.4 is 10.2 Å². The third kappa shape index (κ3) is 3.50. The van der Waals surface area contributed by atoms with Crippen LogP contribution in [0.25, 0.3) is 0 Å². The monoisotopic (exact) mass is 315 g/mol. The lowest BCUT2D eigenvalue weighted by molar-refractivity contribution is 1.02. The van der Waals surface area contributed by atoms with Gasteiger partial charge in [0.25, 0.3) is 0 Å². The fourth-order valence-corrected chi connectivity index (χ4v) is 2.31. The molecule has 5 nitrogen and oxygen atoms in total. The highest BCUT2D eigenvalue weighted by Crippen LogP contribution is 2.23. The molecule has 0 spiro atoms. The third-order valence-electron chi connectivity index (χ3n) is 3.57. The summed E-state index contributed by atoms with van der Waals surface area (Å²) in [5.41, 5.74) is 3.40. The average molecular weight is 315 g/mol. The number of hydrogen-bond donors (Lipinski definition) is 1. The van der Waals surface area contributed by atoms with Crippen LogP contribution in [-0.4, -0.2) is 17.0 Å². The van der Waals surface area contributed by atoms with Crippen LogP contribution in [0.3, 0.4) is 0 Å². The molecule has 1 aromatic heterocycles. The highest BCUT2D eigenvalue weighted by Gasteiger charge is 2.09. The van der Waals surface area contributed by atoms with Crippen molar-refractivity contribution in [3.05, 3.63) is 71.9 Å². The third-order valence-corrected chi connectivity index (χ3v) is 3.57. The molecule has 3 aromatic rings. The number of rotatable bonds is 4. The molecule has 1 N–H and O–H groups in total. The van der Waals surface area contributed by atoms with E-state index in [0.717, 1.165) is 17.1 Å². The average Bonchev–Trinajstić information content (AvgIpc) is 2.62. The zero-order valence-electron chi connectivity index (χ0n) is 13.6. The van der Waals surface area contributed by atoms with Crippen LogP contribution in [0, 0.1) is 18.3 Å². The van der Waals surface area contributed by atoms with Gasteiger partial charge in [-0.15, -0.1) is 0 Å². The topological polar surface area (TPSA) is 64.8 Å². The van der Waals surface area contributed by atoms with E-state index in [1.165, 1.54) is 0 Å². The molecule has 0 aliphatic rings. The molecule has 0 bridgehead atoms. The number of nitrogens with zero attached hydrogens (tertiary/aromatic N) is 4. The van der Waals surface area contributed by atoms with Crippen molar-refractivity contribution in [1.29, 1.82) is 5.26 Å². The van der Waals surface area contributed by atoms with Crippen molar-refractivity contribution in [2.45, 2.75) is 6.92 Å². The van der Waals surface area contributed by atoms with Gasteiger partial charge >= 0.3 is 0 Å². The molecule has 0 aliphatic carbocycles. The second kappa shape index (κ2) is 6.80. The first-order valence-corrected chi connectivity index (χ1v) is 7.57. The van der Waals surface area contributed by atoms with Crippen molar-refractivity contribution in [1.82, 2.24) is 9.97 Å². The van der Waals surface area contributed by atoms with Gasteiger partial charge in [-0.1, -0.05) is 18.2 Å². The maximum Gasteiger partial charge on any atom is 0.231 e. The number of para-hydroxylation sites is 1. The van der Waals surface area contributed by atoms with E-state index >= 15 is 0 Å². The molecule has 0 aliphatic heterocycles. The zero-order valence-corrected chi connectivity index (χ0v) is 13.6. The number of nitrogens with one attached hydrogen (secondary N) is 1. The van der Waals surface area contributed by atoms with Crippen molar-refractivity contribution in [2.75, 3.05) is 17.3 Å². The number of aryl methyl sites for hydroxylation is 1. The first-order valence-electron chi connectivity index (χ1n) is 7.57. The maximum absolute atomic E-state index is 8.86. The largest absolute Gasteiger partial charge is 0.340 e. The van der Waals surface area contributed by atoms with Gasteiger partial charge in [0.2, 0.25) is 5.95 Å². The zero-order chi connectivity index (χ0) is 16.9. The molecular formula is C19H17N5. The molecule has 0 atom stereocenters. The van der Waals surface area contributed by atoms with Gasteiger partial charge in [0.1, 0.15) is 5.82 Å². The van der Waals surface area contributed by atoms with E-state index in [2.05, 4.69) is 21.4 Å². The fraction of sp³-hybridized carbons (Fsp3) is 0.105. The SMILES string of the molecule is Cc1cc(Nc2ccc(C#N)cc2)nc(N(C)c2ccccc2)n1. The van der Waals surface area contributed by atoms with Gasteiger partial charge in [-0.25, -0.2) is 4.98 Å². The molecule has 0 amide bonds. The Labute approximate surface area is 141 Å². The van der Waals surface area contributed by atoms with Crippen LogP contribution in [0.1, 0.15) is 11.3 Å². The highest BCUT2D eigenvalue weighted by atomic mass is 15.2. The van der Waals surface area contributed by atoms with Gasteiger partial charge in [-0.05, 0) is 43.3 Å². The van der Waals surface area contributed by atoms with Crippen molar-refractivity contribution in [2.24, 2.45) is 0 Å². The highest BCUT2D eigenvalue weighted by molar-refractivity contribution is 5.61. The fourth-order valence-electron chi connectivity index (χ4n) is 2.31. The smallest absolute Gasteiger partial charge is 0.231 e. The molecule has 0 radical (unpaired) electrons.